The van der Waals surface area contributed by atoms with Crippen LogP contribution in [0.4, 0.5) is 5.69 Å². The smallest absolute Gasteiger partial charge is 0.211 e. The van der Waals surface area contributed by atoms with Crippen LogP contribution in [-0.4, -0.2) is 6.41 Å². The Kier molecular flexibility index (Phi) is 5.32. The van der Waals surface area contributed by atoms with Crippen LogP contribution in [0.1, 0.15) is 25.3 Å². The van der Waals surface area contributed by atoms with Crippen molar-refractivity contribution in [2.24, 2.45) is 0 Å². The molecule has 0 aromatic heterocycles. The zero-order valence-corrected chi connectivity index (χ0v) is 11.7. The quantitative estimate of drug-likeness (QED) is 0.806. The van der Waals surface area contributed by atoms with Crippen molar-refractivity contribution in [3.05, 3.63) is 26.6 Å². The monoisotopic (exact) mass is 333 g/mol. The van der Waals surface area contributed by atoms with Gasteiger partial charge in [0.15, 0.2) is 0 Å². The van der Waals surface area contributed by atoms with Crippen LogP contribution in [0.2, 0.25) is 0 Å². The van der Waals surface area contributed by atoms with Crippen LogP contribution in [0.15, 0.2) is 21.1 Å². The Balaban J connectivity index is 2.91. The largest absolute Gasteiger partial charge is 0.327 e. The number of carbonyl (C=O) groups excluding carboxylic acids is 1. The molecule has 0 saturated heterocycles. The molecule has 0 spiro atoms. The van der Waals surface area contributed by atoms with Gasteiger partial charge in [-0.3, -0.25) is 4.79 Å². The van der Waals surface area contributed by atoms with Crippen molar-refractivity contribution in [1.82, 2.24) is 0 Å². The molecule has 0 bridgehead atoms. The summed E-state index contributed by atoms with van der Waals surface area (Å²) in [7, 11) is 0. The van der Waals surface area contributed by atoms with Gasteiger partial charge in [-0.2, -0.15) is 0 Å². The summed E-state index contributed by atoms with van der Waals surface area (Å²) < 4.78 is 1.82. The number of halogens is 2. The van der Waals surface area contributed by atoms with Gasteiger partial charge in [0.1, 0.15) is 0 Å². The molecule has 15 heavy (non-hydrogen) atoms. The summed E-state index contributed by atoms with van der Waals surface area (Å²) in [5.41, 5.74) is 2.05. The molecule has 0 unspecified atom stereocenters. The summed E-state index contributed by atoms with van der Waals surface area (Å²) in [5.74, 6) is 0. The van der Waals surface area contributed by atoms with Crippen LogP contribution in [0.25, 0.3) is 0 Å². The molecule has 1 aromatic carbocycles. The first kappa shape index (κ1) is 12.7. The number of carbonyl (C=O) groups is 1. The number of hydrogen-bond acceptors (Lipinski definition) is 1. The highest BCUT2D eigenvalue weighted by atomic mass is 79.9. The second kappa shape index (κ2) is 6.28. The van der Waals surface area contributed by atoms with Crippen LogP contribution in [-0.2, 0) is 11.2 Å². The second-order valence-corrected chi connectivity index (χ2v) is 5.01. The molecule has 0 fully saturated rings. The molecule has 1 aromatic rings. The van der Waals surface area contributed by atoms with E-state index in [1.807, 2.05) is 12.1 Å². The molecule has 82 valence electrons. The van der Waals surface area contributed by atoms with Crippen molar-refractivity contribution in [3.8, 4) is 0 Å². The number of anilines is 1. The molecule has 0 heterocycles. The fourth-order valence-corrected chi connectivity index (χ4v) is 2.86. The highest BCUT2D eigenvalue weighted by Crippen LogP contribution is 2.32. The standard InChI is InChI=1S/C11H13Br2NO/c1-2-3-4-8-5-9(12)11(14-7-15)10(13)6-8/h5-7H,2-4H2,1H3,(H,14,15). The molecule has 1 rings (SSSR count). The highest BCUT2D eigenvalue weighted by molar-refractivity contribution is 9.11. The van der Waals surface area contributed by atoms with E-state index in [1.54, 1.807) is 0 Å². The first-order chi connectivity index (χ1) is 7.19. The summed E-state index contributed by atoms with van der Waals surface area (Å²) >= 11 is 6.88. The highest BCUT2D eigenvalue weighted by Gasteiger charge is 2.06. The molecule has 4 heteroatoms. The lowest BCUT2D eigenvalue weighted by Gasteiger charge is -2.08. The van der Waals surface area contributed by atoms with Gasteiger partial charge in [-0.15, -0.1) is 0 Å². The van der Waals surface area contributed by atoms with Gasteiger partial charge >= 0.3 is 0 Å². The number of hydrogen-bond donors (Lipinski definition) is 1. The predicted molar refractivity (Wildman–Crippen MR) is 70.1 cm³/mol. The fourth-order valence-electron chi connectivity index (χ4n) is 1.35. The van der Waals surface area contributed by atoms with Crippen molar-refractivity contribution in [2.75, 3.05) is 5.32 Å². The minimum Gasteiger partial charge on any atom is -0.327 e. The number of amides is 1. The third-order valence-electron chi connectivity index (χ3n) is 2.12. The number of rotatable bonds is 5. The molecular formula is C11H13Br2NO. The molecule has 2 nitrogen and oxygen atoms in total. The lowest BCUT2D eigenvalue weighted by Crippen LogP contribution is -1.97. The summed E-state index contributed by atoms with van der Waals surface area (Å²) in [5, 5.41) is 2.65. The van der Waals surface area contributed by atoms with Gasteiger partial charge in [-0.1, -0.05) is 13.3 Å². The molecule has 1 N–H and O–H groups in total. The van der Waals surface area contributed by atoms with Crippen molar-refractivity contribution >= 4 is 44.0 Å². The fraction of sp³-hybridized carbons (Fsp3) is 0.364. The van der Waals surface area contributed by atoms with Gasteiger partial charge in [0.2, 0.25) is 6.41 Å². The number of benzene rings is 1. The van der Waals surface area contributed by atoms with Gasteiger partial charge in [0.05, 0.1) is 5.69 Å². The number of aryl methyl sites for hydroxylation is 1. The zero-order valence-electron chi connectivity index (χ0n) is 8.52. The third kappa shape index (κ3) is 3.61. The SMILES string of the molecule is CCCCc1cc(Br)c(NC=O)c(Br)c1. The van der Waals surface area contributed by atoms with E-state index in [2.05, 4.69) is 44.1 Å². The predicted octanol–water partition coefficient (Wildman–Crippen LogP) is 4.12. The molecule has 0 aliphatic heterocycles. The molecule has 0 radical (unpaired) electrons. The van der Waals surface area contributed by atoms with Crippen LogP contribution in [0.3, 0.4) is 0 Å². The summed E-state index contributed by atoms with van der Waals surface area (Å²) in [6, 6.07) is 4.10. The minimum absolute atomic E-state index is 0.677. The van der Waals surface area contributed by atoms with E-state index in [0.717, 1.165) is 21.1 Å². The summed E-state index contributed by atoms with van der Waals surface area (Å²) in [6.45, 7) is 2.17. The van der Waals surface area contributed by atoms with E-state index in [0.29, 0.717) is 6.41 Å². The Labute approximate surface area is 107 Å². The van der Waals surface area contributed by atoms with Gasteiger partial charge < -0.3 is 5.32 Å². The maximum absolute atomic E-state index is 10.4. The topological polar surface area (TPSA) is 29.1 Å². The van der Waals surface area contributed by atoms with E-state index in [1.165, 1.54) is 18.4 Å². The molecule has 0 aliphatic rings. The first-order valence-electron chi connectivity index (χ1n) is 4.87. The average molecular weight is 335 g/mol. The lowest BCUT2D eigenvalue weighted by molar-refractivity contribution is -0.105. The molecule has 0 atom stereocenters. The van der Waals surface area contributed by atoms with Crippen molar-refractivity contribution in [3.63, 3.8) is 0 Å². The Morgan fingerprint density at radius 3 is 2.40 bits per heavy atom. The van der Waals surface area contributed by atoms with E-state index >= 15 is 0 Å². The van der Waals surface area contributed by atoms with Crippen LogP contribution >= 0.6 is 31.9 Å². The maximum atomic E-state index is 10.4. The van der Waals surface area contributed by atoms with Crippen LogP contribution in [0.5, 0.6) is 0 Å². The van der Waals surface area contributed by atoms with Crippen LogP contribution in [0, 0.1) is 0 Å². The summed E-state index contributed by atoms with van der Waals surface area (Å²) in [6.07, 6.45) is 4.11. The number of unbranched alkanes of at least 4 members (excludes halogenated alkanes) is 1. The molecule has 1 amide bonds. The first-order valence-corrected chi connectivity index (χ1v) is 6.45. The molecular weight excluding hydrogens is 322 g/mol. The normalized spacial score (nSPS) is 10.1. The van der Waals surface area contributed by atoms with Crippen LogP contribution < -0.4 is 5.32 Å². The second-order valence-electron chi connectivity index (χ2n) is 3.30. The minimum atomic E-state index is 0.677. The number of nitrogens with one attached hydrogen (secondary N) is 1. The van der Waals surface area contributed by atoms with Crippen molar-refractivity contribution < 1.29 is 4.79 Å². The van der Waals surface area contributed by atoms with E-state index in [-0.39, 0.29) is 0 Å². The Hall–Kier alpha value is -0.350. The Morgan fingerprint density at radius 2 is 1.93 bits per heavy atom. The van der Waals surface area contributed by atoms with Gasteiger partial charge in [-0.25, -0.2) is 0 Å². The van der Waals surface area contributed by atoms with Crippen molar-refractivity contribution in [1.29, 1.82) is 0 Å². The van der Waals surface area contributed by atoms with Gasteiger partial charge in [0, 0.05) is 8.95 Å². The Morgan fingerprint density at radius 1 is 1.33 bits per heavy atom. The Bertz CT molecular complexity index is 329. The average Bonchev–Trinajstić information content (AvgIpc) is 2.20. The zero-order chi connectivity index (χ0) is 11.3. The summed E-state index contributed by atoms with van der Waals surface area (Å²) in [4.78, 5) is 10.4. The van der Waals surface area contributed by atoms with Gasteiger partial charge in [-0.05, 0) is 62.4 Å². The third-order valence-corrected chi connectivity index (χ3v) is 3.37. The van der Waals surface area contributed by atoms with Crippen molar-refractivity contribution in [2.45, 2.75) is 26.2 Å². The van der Waals surface area contributed by atoms with E-state index in [4.69, 9.17) is 0 Å². The molecule has 0 saturated carbocycles. The lowest BCUT2D eigenvalue weighted by atomic mass is 10.1. The maximum Gasteiger partial charge on any atom is 0.211 e. The van der Waals surface area contributed by atoms with E-state index < -0.39 is 0 Å². The van der Waals surface area contributed by atoms with Gasteiger partial charge in [0.25, 0.3) is 0 Å². The molecule has 0 aliphatic carbocycles. The van der Waals surface area contributed by atoms with E-state index in [9.17, 15) is 4.79 Å².